The van der Waals surface area contributed by atoms with E-state index in [9.17, 15) is 14.0 Å². The van der Waals surface area contributed by atoms with Crippen molar-refractivity contribution >= 4 is 11.7 Å². The summed E-state index contributed by atoms with van der Waals surface area (Å²) in [6, 6.07) is 6.40. The molecule has 0 radical (unpaired) electrons. The number of ketones is 1. The van der Waals surface area contributed by atoms with Crippen LogP contribution in [-0.2, 0) is 9.59 Å². The third-order valence-corrected chi connectivity index (χ3v) is 7.49. The lowest BCUT2D eigenvalue weighted by atomic mass is 9.81. The van der Waals surface area contributed by atoms with Crippen LogP contribution >= 0.6 is 0 Å². The van der Waals surface area contributed by atoms with E-state index in [1.165, 1.54) is 32.3 Å². The van der Waals surface area contributed by atoms with Gasteiger partial charge in [-0.05, 0) is 76.7 Å². The van der Waals surface area contributed by atoms with Gasteiger partial charge in [-0.1, -0.05) is 73.1 Å². The van der Waals surface area contributed by atoms with E-state index in [1.54, 1.807) is 32.0 Å². The molecule has 3 atom stereocenters. The Hall–Kier alpha value is -1.75. The standard InChI is InChI=1S/C13H18FNO.C12H23NO.C5H12/c1-9(15-13(3,4)10(2)16)11-7-5-6-8-12(11)14;1-8-5-10(6-9(8)2)7-12(3,4)11(13)14;1-4-5(2)3/h5-9,15H,1-4H3;8-10H,5-7H2,1-4H3,(H2,13,14);5H,4H2,1-3H3. The van der Waals surface area contributed by atoms with E-state index in [4.69, 9.17) is 5.73 Å². The van der Waals surface area contributed by atoms with Gasteiger partial charge in [0.25, 0.3) is 0 Å². The van der Waals surface area contributed by atoms with Gasteiger partial charge in [-0.2, -0.15) is 0 Å². The van der Waals surface area contributed by atoms with Crippen molar-refractivity contribution < 1.29 is 14.0 Å². The Morgan fingerprint density at radius 1 is 1.06 bits per heavy atom. The van der Waals surface area contributed by atoms with Gasteiger partial charge in [-0.3, -0.25) is 14.9 Å². The highest BCUT2D eigenvalue weighted by atomic mass is 19.1. The van der Waals surface area contributed by atoms with E-state index in [2.05, 4.69) is 39.9 Å². The zero-order chi connectivity index (χ0) is 27.6. The number of halogens is 1. The second-order valence-electron chi connectivity index (χ2n) is 12.1. The van der Waals surface area contributed by atoms with Crippen LogP contribution in [0.5, 0.6) is 0 Å². The average molecular weight is 493 g/mol. The smallest absolute Gasteiger partial charge is 0.223 e. The van der Waals surface area contributed by atoms with E-state index in [-0.39, 0.29) is 29.0 Å². The molecule has 3 N–H and O–H groups in total. The molecule has 202 valence electrons. The molecule has 0 aliphatic heterocycles. The number of hydrogen-bond donors (Lipinski definition) is 2. The van der Waals surface area contributed by atoms with Crippen LogP contribution in [0.3, 0.4) is 0 Å². The van der Waals surface area contributed by atoms with Gasteiger partial charge < -0.3 is 5.73 Å². The summed E-state index contributed by atoms with van der Waals surface area (Å²) in [5.74, 6) is 2.83. The fraction of sp³-hybridized carbons (Fsp3) is 0.733. The third kappa shape index (κ3) is 12.2. The lowest BCUT2D eigenvalue weighted by molar-refractivity contribution is -0.127. The zero-order valence-corrected chi connectivity index (χ0v) is 24.3. The molecule has 1 saturated carbocycles. The van der Waals surface area contributed by atoms with Gasteiger partial charge in [0.05, 0.1) is 5.54 Å². The number of nitrogens with one attached hydrogen (secondary N) is 1. The van der Waals surface area contributed by atoms with Gasteiger partial charge in [-0.25, -0.2) is 4.39 Å². The van der Waals surface area contributed by atoms with Crippen LogP contribution < -0.4 is 11.1 Å². The highest BCUT2D eigenvalue weighted by molar-refractivity contribution is 5.85. The maximum absolute atomic E-state index is 13.5. The van der Waals surface area contributed by atoms with E-state index < -0.39 is 5.54 Å². The molecule has 1 aromatic carbocycles. The number of rotatable bonds is 8. The summed E-state index contributed by atoms with van der Waals surface area (Å²) >= 11 is 0. The van der Waals surface area contributed by atoms with E-state index in [1.807, 2.05) is 20.8 Å². The van der Waals surface area contributed by atoms with Crippen LogP contribution in [0.1, 0.15) is 113 Å². The predicted molar refractivity (Wildman–Crippen MR) is 146 cm³/mol. The van der Waals surface area contributed by atoms with Crippen LogP contribution in [0.25, 0.3) is 0 Å². The number of benzene rings is 1. The van der Waals surface area contributed by atoms with Gasteiger partial charge >= 0.3 is 0 Å². The van der Waals surface area contributed by atoms with Crippen molar-refractivity contribution in [3.8, 4) is 0 Å². The van der Waals surface area contributed by atoms with Gasteiger partial charge in [0.15, 0.2) is 0 Å². The Morgan fingerprint density at radius 3 is 1.89 bits per heavy atom. The van der Waals surface area contributed by atoms with Crippen molar-refractivity contribution in [1.82, 2.24) is 5.32 Å². The quantitative estimate of drug-likeness (QED) is 0.395. The number of carbonyl (C=O) groups is 2. The minimum absolute atomic E-state index is 0.0377. The molecule has 0 aromatic heterocycles. The molecule has 0 saturated heterocycles. The number of carbonyl (C=O) groups excluding carboxylic acids is 2. The summed E-state index contributed by atoms with van der Waals surface area (Å²) in [5.41, 5.74) is 5.00. The van der Waals surface area contributed by atoms with E-state index >= 15 is 0 Å². The van der Waals surface area contributed by atoms with Crippen molar-refractivity contribution in [2.24, 2.45) is 34.8 Å². The third-order valence-electron chi connectivity index (χ3n) is 7.49. The fourth-order valence-electron chi connectivity index (χ4n) is 4.15. The number of amides is 1. The van der Waals surface area contributed by atoms with Gasteiger partial charge in [0, 0.05) is 17.0 Å². The minimum atomic E-state index is -0.637. The topological polar surface area (TPSA) is 72.2 Å². The summed E-state index contributed by atoms with van der Waals surface area (Å²) < 4.78 is 13.5. The predicted octanol–water partition coefficient (Wildman–Crippen LogP) is 7.47. The van der Waals surface area contributed by atoms with Crippen molar-refractivity contribution in [2.75, 3.05) is 0 Å². The molecule has 3 unspecified atom stereocenters. The molecule has 5 heteroatoms. The molecule has 0 heterocycles. The van der Waals surface area contributed by atoms with Crippen LogP contribution in [-0.4, -0.2) is 17.2 Å². The first-order chi connectivity index (χ1) is 15.9. The second-order valence-corrected chi connectivity index (χ2v) is 12.1. The molecular weight excluding hydrogens is 439 g/mol. The Kier molecular flexibility index (Phi) is 14.0. The van der Waals surface area contributed by atoms with E-state index in [0.717, 1.165) is 24.2 Å². The molecule has 1 aliphatic carbocycles. The molecule has 1 aliphatic rings. The van der Waals surface area contributed by atoms with Crippen molar-refractivity contribution in [2.45, 2.75) is 113 Å². The maximum Gasteiger partial charge on any atom is 0.223 e. The molecule has 0 spiro atoms. The summed E-state index contributed by atoms with van der Waals surface area (Å²) in [6.45, 7) is 22.2. The highest BCUT2D eigenvalue weighted by Gasteiger charge is 2.34. The molecule has 2 rings (SSSR count). The Morgan fingerprint density at radius 2 is 1.51 bits per heavy atom. The van der Waals surface area contributed by atoms with Crippen LogP contribution in [0, 0.1) is 34.9 Å². The Bertz CT molecular complexity index is 778. The van der Waals surface area contributed by atoms with Crippen molar-refractivity contribution in [3.63, 3.8) is 0 Å². The van der Waals surface area contributed by atoms with E-state index in [0.29, 0.717) is 11.5 Å². The molecular formula is C30H53FN2O2. The molecule has 35 heavy (non-hydrogen) atoms. The second kappa shape index (κ2) is 14.7. The molecule has 1 amide bonds. The van der Waals surface area contributed by atoms with Gasteiger partial charge in [-0.15, -0.1) is 0 Å². The average Bonchev–Trinajstić information content (AvgIpc) is 3.04. The summed E-state index contributed by atoms with van der Waals surface area (Å²) in [7, 11) is 0. The first-order valence-corrected chi connectivity index (χ1v) is 13.3. The number of nitrogens with two attached hydrogens (primary N) is 1. The van der Waals surface area contributed by atoms with Crippen LogP contribution in [0.4, 0.5) is 4.39 Å². The zero-order valence-electron chi connectivity index (χ0n) is 24.3. The largest absolute Gasteiger partial charge is 0.369 e. The number of primary amides is 1. The van der Waals surface area contributed by atoms with Crippen LogP contribution in [0.15, 0.2) is 24.3 Å². The normalized spacial score (nSPS) is 20.9. The molecule has 0 bridgehead atoms. The van der Waals surface area contributed by atoms with Crippen molar-refractivity contribution in [1.29, 1.82) is 0 Å². The highest BCUT2D eigenvalue weighted by Crippen LogP contribution is 2.41. The van der Waals surface area contributed by atoms with Gasteiger partial charge in [0.1, 0.15) is 11.6 Å². The Balaban J connectivity index is 0.000000558. The van der Waals surface area contributed by atoms with Crippen LogP contribution in [0.2, 0.25) is 0 Å². The summed E-state index contributed by atoms with van der Waals surface area (Å²) in [4.78, 5) is 22.6. The lowest BCUT2D eigenvalue weighted by Gasteiger charge is -2.28. The monoisotopic (exact) mass is 492 g/mol. The molecule has 1 fully saturated rings. The lowest BCUT2D eigenvalue weighted by Crippen LogP contribution is -2.46. The first kappa shape index (κ1) is 33.2. The van der Waals surface area contributed by atoms with Gasteiger partial charge in [0.2, 0.25) is 5.91 Å². The minimum Gasteiger partial charge on any atom is -0.369 e. The summed E-state index contributed by atoms with van der Waals surface area (Å²) in [6.07, 6.45) is 4.78. The molecule has 1 aromatic rings. The van der Waals surface area contributed by atoms with Crippen molar-refractivity contribution in [3.05, 3.63) is 35.6 Å². The number of hydrogen-bond acceptors (Lipinski definition) is 3. The number of Topliss-reactive ketones (excluding diaryl/α,β-unsaturated/α-hetero) is 1. The summed E-state index contributed by atoms with van der Waals surface area (Å²) in [5, 5.41) is 3.12. The first-order valence-electron chi connectivity index (χ1n) is 13.3. The fourth-order valence-corrected chi connectivity index (χ4v) is 4.15. The maximum atomic E-state index is 13.5. The SMILES string of the molecule is CC(=O)C(C)(C)NC(C)c1ccccc1F.CC1CC(CC(C)(C)C(N)=O)CC1C.CCC(C)C. The molecule has 4 nitrogen and oxygen atoms in total. The Labute approximate surface area is 215 Å².